The second kappa shape index (κ2) is 6.64. The number of carbonyl (C=O) groups is 1. The highest BCUT2D eigenvalue weighted by Gasteiger charge is 2.18. The Kier molecular flexibility index (Phi) is 5.47. The Morgan fingerprint density at radius 3 is 2.72 bits per heavy atom. The van der Waals surface area contributed by atoms with Crippen molar-refractivity contribution in [3.63, 3.8) is 0 Å². The molecule has 96 valence electrons. The van der Waals surface area contributed by atoms with Crippen molar-refractivity contribution in [2.75, 3.05) is 6.61 Å². The van der Waals surface area contributed by atoms with Gasteiger partial charge in [0.25, 0.3) is 6.43 Å². The van der Waals surface area contributed by atoms with Crippen molar-refractivity contribution in [3.05, 3.63) is 32.4 Å². The first-order valence-electron chi connectivity index (χ1n) is 5.15. The summed E-state index contributed by atoms with van der Waals surface area (Å²) in [6, 6.07) is 4.47. The number of rotatable bonds is 4. The minimum Gasteiger partial charge on any atom is -0.466 e. The third kappa shape index (κ3) is 3.63. The summed E-state index contributed by atoms with van der Waals surface area (Å²) in [7, 11) is 0. The van der Waals surface area contributed by atoms with Gasteiger partial charge in [0.15, 0.2) is 0 Å². The van der Waals surface area contributed by atoms with E-state index in [4.69, 9.17) is 10.00 Å². The number of nitrogens with zero attached hydrogens (tertiary/aromatic N) is 1. The summed E-state index contributed by atoms with van der Waals surface area (Å²) in [4.78, 5) is 11.3. The maximum absolute atomic E-state index is 12.8. The molecule has 1 rings (SSSR count). The van der Waals surface area contributed by atoms with Crippen LogP contribution < -0.4 is 0 Å². The predicted molar refractivity (Wildman–Crippen MR) is 69.2 cm³/mol. The van der Waals surface area contributed by atoms with E-state index in [0.717, 1.165) is 0 Å². The highest BCUT2D eigenvalue weighted by molar-refractivity contribution is 14.1. The van der Waals surface area contributed by atoms with Crippen LogP contribution in [-0.2, 0) is 16.0 Å². The second-order valence-electron chi connectivity index (χ2n) is 3.44. The summed E-state index contributed by atoms with van der Waals surface area (Å²) in [5, 5.41) is 8.83. The molecule has 3 nitrogen and oxygen atoms in total. The normalized spacial score (nSPS) is 10.2. The molecule has 1 aromatic rings. The molecule has 0 bridgehead atoms. The van der Waals surface area contributed by atoms with Crippen LogP contribution in [0.2, 0.25) is 0 Å². The van der Waals surface area contributed by atoms with Crippen molar-refractivity contribution in [1.82, 2.24) is 0 Å². The lowest BCUT2D eigenvalue weighted by atomic mass is 10.0. The van der Waals surface area contributed by atoms with E-state index < -0.39 is 12.4 Å². The van der Waals surface area contributed by atoms with Gasteiger partial charge >= 0.3 is 5.97 Å². The molecule has 0 spiro atoms. The van der Waals surface area contributed by atoms with Crippen LogP contribution in [0.3, 0.4) is 0 Å². The summed E-state index contributed by atoms with van der Waals surface area (Å²) in [5.74, 6) is -0.474. The zero-order chi connectivity index (χ0) is 13.7. The molecule has 0 N–H and O–H groups in total. The van der Waals surface area contributed by atoms with Gasteiger partial charge in [-0.05, 0) is 47.2 Å². The number of nitriles is 1. The number of alkyl halides is 2. The largest absolute Gasteiger partial charge is 0.466 e. The lowest BCUT2D eigenvalue weighted by Gasteiger charge is -2.09. The number of ether oxygens (including phenoxy) is 1. The van der Waals surface area contributed by atoms with E-state index in [1.165, 1.54) is 6.07 Å². The van der Waals surface area contributed by atoms with Crippen LogP contribution >= 0.6 is 22.6 Å². The molecule has 0 aliphatic carbocycles. The first-order chi connectivity index (χ1) is 8.49. The molecule has 0 amide bonds. The molecule has 18 heavy (non-hydrogen) atoms. The van der Waals surface area contributed by atoms with Gasteiger partial charge in [-0.3, -0.25) is 4.79 Å². The molecule has 0 heterocycles. The highest BCUT2D eigenvalue weighted by atomic mass is 127. The van der Waals surface area contributed by atoms with E-state index in [0.29, 0.717) is 9.13 Å². The third-order valence-corrected chi connectivity index (χ3v) is 3.03. The minimum absolute atomic E-state index is 0.0433. The van der Waals surface area contributed by atoms with E-state index in [1.54, 1.807) is 41.7 Å². The summed E-state index contributed by atoms with van der Waals surface area (Å²) in [6.45, 7) is 1.92. The van der Waals surface area contributed by atoms with Gasteiger partial charge < -0.3 is 4.74 Å². The molecule has 0 radical (unpaired) electrons. The molecule has 0 fully saturated rings. The Labute approximate surface area is 117 Å². The lowest BCUT2D eigenvalue weighted by Crippen LogP contribution is -2.08. The second-order valence-corrected chi connectivity index (χ2v) is 4.60. The van der Waals surface area contributed by atoms with Crippen molar-refractivity contribution in [1.29, 1.82) is 5.26 Å². The maximum Gasteiger partial charge on any atom is 0.310 e. The molecule has 6 heteroatoms. The predicted octanol–water partition coefficient (Wildman–Crippen LogP) is 3.21. The molecule has 0 atom stereocenters. The van der Waals surface area contributed by atoms with Crippen molar-refractivity contribution in [3.8, 4) is 6.07 Å². The van der Waals surface area contributed by atoms with Gasteiger partial charge in [-0.15, -0.1) is 0 Å². The molecular formula is C12H10F2INO2. The smallest absolute Gasteiger partial charge is 0.310 e. The molecule has 0 aliphatic heterocycles. The Bertz CT molecular complexity index is 498. The van der Waals surface area contributed by atoms with Crippen molar-refractivity contribution in [2.24, 2.45) is 0 Å². The summed E-state index contributed by atoms with van der Waals surface area (Å²) < 4.78 is 30.7. The van der Waals surface area contributed by atoms with Gasteiger partial charge in [0, 0.05) is 9.13 Å². The fourth-order valence-corrected chi connectivity index (χ4v) is 2.29. The highest BCUT2D eigenvalue weighted by Crippen LogP contribution is 2.28. The number of hydrogen-bond donors (Lipinski definition) is 0. The Balaban J connectivity index is 3.10. The average molecular weight is 365 g/mol. The standard InChI is InChI=1S/C12H10F2INO2/c1-2-18-11(17)5-7-3-8(12(13)14)9(6-16)10(15)4-7/h3-4,12H,2,5H2,1H3. The molecule has 0 saturated heterocycles. The van der Waals surface area contributed by atoms with E-state index >= 15 is 0 Å². The molecule has 0 saturated carbocycles. The molecule has 0 aliphatic rings. The Hall–Kier alpha value is -1.23. The summed E-state index contributed by atoms with van der Waals surface area (Å²) in [5.41, 5.74) is 0.0362. The topological polar surface area (TPSA) is 50.1 Å². The van der Waals surface area contributed by atoms with Gasteiger partial charge in [0.2, 0.25) is 0 Å². The van der Waals surface area contributed by atoms with Crippen LogP contribution in [-0.4, -0.2) is 12.6 Å². The third-order valence-electron chi connectivity index (χ3n) is 2.18. The Morgan fingerprint density at radius 2 is 2.22 bits per heavy atom. The lowest BCUT2D eigenvalue weighted by molar-refractivity contribution is -0.142. The number of carbonyl (C=O) groups excluding carboxylic acids is 1. The van der Waals surface area contributed by atoms with Crippen LogP contribution in [0.5, 0.6) is 0 Å². The van der Waals surface area contributed by atoms with E-state index in [9.17, 15) is 13.6 Å². The zero-order valence-electron chi connectivity index (χ0n) is 9.54. The van der Waals surface area contributed by atoms with Gasteiger partial charge in [-0.1, -0.05) is 0 Å². The van der Waals surface area contributed by atoms with Gasteiger partial charge in [0.1, 0.15) is 6.07 Å². The first kappa shape index (κ1) is 14.8. The maximum atomic E-state index is 12.8. The number of benzene rings is 1. The molecular weight excluding hydrogens is 355 g/mol. The van der Waals surface area contributed by atoms with Gasteiger partial charge in [-0.25, -0.2) is 8.78 Å². The SMILES string of the molecule is CCOC(=O)Cc1cc(I)c(C#N)c(C(F)F)c1. The first-order valence-corrected chi connectivity index (χ1v) is 6.23. The van der Waals surface area contributed by atoms with Crippen LogP contribution in [0, 0.1) is 14.9 Å². The van der Waals surface area contributed by atoms with Gasteiger partial charge in [-0.2, -0.15) is 5.26 Å². The molecule has 0 aromatic heterocycles. The van der Waals surface area contributed by atoms with Crippen LogP contribution in [0.4, 0.5) is 8.78 Å². The molecule has 0 unspecified atom stereocenters. The van der Waals surface area contributed by atoms with Crippen molar-refractivity contribution in [2.45, 2.75) is 19.8 Å². The van der Waals surface area contributed by atoms with Crippen LogP contribution in [0.15, 0.2) is 12.1 Å². The van der Waals surface area contributed by atoms with E-state index in [1.807, 2.05) is 0 Å². The fraction of sp³-hybridized carbons (Fsp3) is 0.333. The monoisotopic (exact) mass is 365 g/mol. The molecule has 1 aromatic carbocycles. The van der Waals surface area contributed by atoms with E-state index in [2.05, 4.69) is 0 Å². The zero-order valence-corrected chi connectivity index (χ0v) is 11.7. The fourth-order valence-electron chi connectivity index (χ4n) is 1.46. The summed E-state index contributed by atoms with van der Waals surface area (Å²) in [6.07, 6.45) is -2.81. The van der Waals surface area contributed by atoms with E-state index in [-0.39, 0.29) is 24.2 Å². The van der Waals surface area contributed by atoms with Crippen LogP contribution in [0.1, 0.15) is 30.0 Å². The van der Waals surface area contributed by atoms with Crippen molar-refractivity contribution < 1.29 is 18.3 Å². The minimum atomic E-state index is -2.74. The Morgan fingerprint density at radius 1 is 1.56 bits per heavy atom. The number of hydrogen-bond acceptors (Lipinski definition) is 3. The van der Waals surface area contributed by atoms with Gasteiger partial charge in [0.05, 0.1) is 18.6 Å². The van der Waals surface area contributed by atoms with Crippen molar-refractivity contribution >= 4 is 28.6 Å². The quantitative estimate of drug-likeness (QED) is 0.608. The average Bonchev–Trinajstić information content (AvgIpc) is 2.28. The van der Waals surface area contributed by atoms with Crippen LogP contribution in [0.25, 0.3) is 0 Å². The number of esters is 1. The number of halogens is 3. The summed E-state index contributed by atoms with van der Waals surface area (Å²) >= 11 is 1.81.